The van der Waals surface area contributed by atoms with E-state index in [0.717, 1.165) is 51.4 Å². The summed E-state index contributed by atoms with van der Waals surface area (Å²) in [4.78, 5) is 19.3. The SMILES string of the molecule is CN(C)Cc1cccc(C(=O)Nc2cccc(CNc3ncc(Br)c4c3CCO4)c2)c1. The highest BCUT2D eigenvalue weighted by Crippen LogP contribution is 2.37. The average Bonchev–Trinajstić information content (AvgIpc) is 3.24. The standard InChI is InChI=1S/C24H25BrN4O2/c1-29(2)15-17-6-3-7-18(11-17)24(30)28-19-8-4-5-16(12-19)13-26-23-20-9-10-31-22(20)21(25)14-27-23/h3-8,11-12,14H,9-10,13,15H2,1-2H3,(H,26,27)(H,28,30). The number of amides is 1. The van der Waals surface area contributed by atoms with Crippen molar-refractivity contribution < 1.29 is 9.53 Å². The maximum atomic E-state index is 12.7. The number of pyridine rings is 1. The number of ether oxygens (including phenoxy) is 1. The number of hydrogen-bond donors (Lipinski definition) is 2. The molecule has 0 bridgehead atoms. The highest BCUT2D eigenvalue weighted by atomic mass is 79.9. The lowest BCUT2D eigenvalue weighted by molar-refractivity contribution is 0.102. The normalized spacial score (nSPS) is 12.4. The molecule has 0 unspecified atom stereocenters. The zero-order valence-corrected chi connectivity index (χ0v) is 19.2. The van der Waals surface area contributed by atoms with E-state index in [9.17, 15) is 4.79 Å². The molecule has 0 saturated heterocycles. The minimum atomic E-state index is -0.116. The van der Waals surface area contributed by atoms with Crippen LogP contribution in [-0.4, -0.2) is 36.5 Å². The van der Waals surface area contributed by atoms with Gasteiger partial charge in [0.2, 0.25) is 0 Å². The Morgan fingerprint density at radius 1 is 1.16 bits per heavy atom. The number of hydrogen-bond acceptors (Lipinski definition) is 5. The number of nitrogens with one attached hydrogen (secondary N) is 2. The van der Waals surface area contributed by atoms with Crippen LogP contribution in [-0.2, 0) is 19.5 Å². The lowest BCUT2D eigenvalue weighted by atomic mass is 10.1. The summed E-state index contributed by atoms with van der Waals surface area (Å²) < 4.78 is 6.56. The van der Waals surface area contributed by atoms with Crippen LogP contribution in [0.15, 0.2) is 59.2 Å². The summed E-state index contributed by atoms with van der Waals surface area (Å²) in [6, 6.07) is 15.6. The molecule has 0 radical (unpaired) electrons. The van der Waals surface area contributed by atoms with Gasteiger partial charge in [-0.3, -0.25) is 4.79 Å². The number of halogens is 1. The van der Waals surface area contributed by atoms with Gasteiger partial charge in [-0.2, -0.15) is 0 Å². The van der Waals surface area contributed by atoms with E-state index >= 15 is 0 Å². The number of nitrogens with zero attached hydrogens (tertiary/aromatic N) is 2. The van der Waals surface area contributed by atoms with Gasteiger partial charge in [0.15, 0.2) is 0 Å². The number of anilines is 2. The monoisotopic (exact) mass is 480 g/mol. The number of fused-ring (bicyclic) bond motifs is 1. The number of benzene rings is 2. The van der Waals surface area contributed by atoms with E-state index in [4.69, 9.17) is 4.74 Å². The first-order valence-corrected chi connectivity index (χ1v) is 11.0. The molecule has 2 aromatic carbocycles. The Kier molecular flexibility index (Phi) is 6.53. The molecule has 7 heteroatoms. The maximum absolute atomic E-state index is 12.7. The van der Waals surface area contributed by atoms with Gasteiger partial charge in [-0.15, -0.1) is 0 Å². The molecule has 0 spiro atoms. The third-order valence-corrected chi connectivity index (χ3v) is 5.58. The summed E-state index contributed by atoms with van der Waals surface area (Å²) in [7, 11) is 4.02. The van der Waals surface area contributed by atoms with Crippen LogP contribution < -0.4 is 15.4 Å². The van der Waals surface area contributed by atoms with Crippen LogP contribution in [0.1, 0.15) is 27.0 Å². The zero-order valence-electron chi connectivity index (χ0n) is 17.6. The van der Waals surface area contributed by atoms with Gasteiger partial charge in [0.05, 0.1) is 11.1 Å². The summed E-state index contributed by atoms with van der Waals surface area (Å²) in [6.45, 7) is 2.07. The Bertz CT molecular complexity index is 1100. The van der Waals surface area contributed by atoms with Gasteiger partial charge in [0.1, 0.15) is 11.6 Å². The molecular formula is C24H25BrN4O2. The predicted octanol–water partition coefficient (Wildman–Crippen LogP) is 4.71. The quantitative estimate of drug-likeness (QED) is 0.512. The first kappa shape index (κ1) is 21.3. The lowest BCUT2D eigenvalue weighted by Crippen LogP contribution is -2.14. The number of carbonyl (C=O) groups is 1. The molecule has 0 atom stereocenters. The van der Waals surface area contributed by atoms with E-state index in [1.807, 2.05) is 62.6 Å². The third kappa shape index (κ3) is 5.24. The molecule has 2 heterocycles. The highest BCUT2D eigenvalue weighted by Gasteiger charge is 2.20. The van der Waals surface area contributed by atoms with Crippen LogP contribution in [0.25, 0.3) is 0 Å². The van der Waals surface area contributed by atoms with E-state index < -0.39 is 0 Å². The Hall–Kier alpha value is -2.90. The van der Waals surface area contributed by atoms with Crippen molar-refractivity contribution in [2.45, 2.75) is 19.5 Å². The van der Waals surface area contributed by atoms with Gasteiger partial charge >= 0.3 is 0 Å². The zero-order chi connectivity index (χ0) is 21.8. The van der Waals surface area contributed by atoms with Gasteiger partial charge in [-0.25, -0.2) is 4.98 Å². The summed E-state index contributed by atoms with van der Waals surface area (Å²) in [5.74, 6) is 1.59. The van der Waals surface area contributed by atoms with Crippen LogP contribution in [0, 0.1) is 0 Å². The van der Waals surface area contributed by atoms with Crippen molar-refractivity contribution in [1.82, 2.24) is 9.88 Å². The largest absolute Gasteiger partial charge is 0.492 e. The summed E-state index contributed by atoms with van der Waals surface area (Å²) in [5.41, 5.74) is 4.67. The molecule has 1 aliphatic rings. The fourth-order valence-electron chi connectivity index (χ4n) is 3.63. The van der Waals surface area contributed by atoms with Crippen molar-refractivity contribution >= 4 is 33.3 Å². The second-order valence-electron chi connectivity index (χ2n) is 7.81. The molecule has 1 aromatic heterocycles. The molecular weight excluding hydrogens is 456 g/mol. The molecule has 160 valence electrons. The minimum Gasteiger partial charge on any atom is -0.492 e. The minimum absolute atomic E-state index is 0.116. The lowest BCUT2D eigenvalue weighted by Gasteiger charge is -2.12. The fourth-order valence-corrected chi connectivity index (χ4v) is 4.09. The molecule has 0 fully saturated rings. The third-order valence-electron chi connectivity index (χ3n) is 5.02. The van der Waals surface area contributed by atoms with Crippen molar-refractivity contribution in [3.63, 3.8) is 0 Å². The van der Waals surface area contributed by atoms with E-state index in [1.165, 1.54) is 0 Å². The van der Waals surface area contributed by atoms with Crippen molar-refractivity contribution in [2.75, 3.05) is 31.3 Å². The van der Waals surface area contributed by atoms with E-state index in [1.54, 1.807) is 6.20 Å². The molecule has 0 saturated carbocycles. The van der Waals surface area contributed by atoms with E-state index in [2.05, 4.69) is 36.4 Å². The van der Waals surface area contributed by atoms with Crippen molar-refractivity contribution in [1.29, 1.82) is 0 Å². The molecule has 0 aliphatic carbocycles. The summed E-state index contributed by atoms with van der Waals surface area (Å²) in [5, 5.41) is 6.40. The van der Waals surface area contributed by atoms with Crippen LogP contribution in [0.3, 0.4) is 0 Å². The second kappa shape index (κ2) is 9.49. The van der Waals surface area contributed by atoms with Gasteiger partial charge in [0.25, 0.3) is 5.91 Å². The van der Waals surface area contributed by atoms with E-state index in [-0.39, 0.29) is 5.91 Å². The first-order valence-electron chi connectivity index (χ1n) is 10.2. The summed E-state index contributed by atoms with van der Waals surface area (Å²) in [6.07, 6.45) is 2.60. The van der Waals surface area contributed by atoms with Crippen molar-refractivity contribution in [3.8, 4) is 5.75 Å². The molecule has 31 heavy (non-hydrogen) atoms. The van der Waals surface area contributed by atoms with Gasteiger partial charge in [-0.05, 0) is 65.4 Å². The molecule has 6 nitrogen and oxygen atoms in total. The number of aromatic nitrogens is 1. The predicted molar refractivity (Wildman–Crippen MR) is 127 cm³/mol. The van der Waals surface area contributed by atoms with Crippen molar-refractivity contribution in [3.05, 3.63) is 81.5 Å². The summed E-state index contributed by atoms with van der Waals surface area (Å²) >= 11 is 3.49. The topological polar surface area (TPSA) is 66.5 Å². The molecule has 1 aliphatic heterocycles. The molecule has 2 N–H and O–H groups in total. The second-order valence-corrected chi connectivity index (χ2v) is 8.66. The maximum Gasteiger partial charge on any atom is 0.255 e. The first-order chi connectivity index (χ1) is 15.0. The van der Waals surface area contributed by atoms with Crippen LogP contribution in [0.4, 0.5) is 11.5 Å². The van der Waals surface area contributed by atoms with Gasteiger partial charge in [0, 0.05) is 42.5 Å². The Balaban J connectivity index is 1.42. The number of carbonyl (C=O) groups excluding carboxylic acids is 1. The fraction of sp³-hybridized carbons (Fsp3) is 0.250. The van der Waals surface area contributed by atoms with Crippen LogP contribution in [0.5, 0.6) is 5.75 Å². The van der Waals surface area contributed by atoms with Gasteiger partial charge in [-0.1, -0.05) is 24.3 Å². The number of rotatable bonds is 7. The van der Waals surface area contributed by atoms with Gasteiger partial charge < -0.3 is 20.3 Å². The molecule has 4 rings (SSSR count). The van der Waals surface area contributed by atoms with Crippen LogP contribution in [0.2, 0.25) is 0 Å². The van der Waals surface area contributed by atoms with E-state index in [0.29, 0.717) is 18.7 Å². The van der Waals surface area contributed by atoms with Crippen LogP contribution >= 0.6 is 15.9 Å². The Morgan fingerprint density at radius 2 is 1.97 bits per heavy atom. The average molecular weight is 481 g/mol. The Morgan fingerprint density at radius 3 is 2.81 bits per heavy atom. The van der Waals surface area contributed by atoms with Crippen molar-refractivity contribution in [2.24, 2.45) is 0 Å². The molecule has 3 aromatic rings. The molecule has 1 amide bonds. The smallest absolute Gasteiger partial charge is 0.255 e. The highest BCUT2D eigenvalue weighted by molar-refractivity contribution is 9.10. The Labute approximate surface area is 190 Å².